The van der Waals surface area contributed by atoms with E-state index in [2.05, 4.69) is 27.1 Å². The number of aromatic nitrogens is 2. The van der Waals surface area contributed by atoms with Crippen molar-refractivity contribution in [1.82, 2.24) is 9.97 Å². The molecule has 22 heavy (non-hydrogen) atoms. The fraction of sp³-hybridized carbons (Fsp3) is 0.118. The Morgan fingerprint density at radius 3 is 2.86 bits per heavy atom. The molecule has 3 aromatic rings. The number of rotatable bonds is 1. The van der Waals surface area contributed by atoms with Crippen LogP contribution in [-0.4, -0.2) is 21.6 Å². The molecule has 1 aliphatic rings. The number of H-pyrrole nitrogens is 1. The first-order valence-electron chi connectivity index (χ1n) is 6.98. The normalized spacial score (nSPS) is 16.4. The van der Waals surface area contributed by atoms with Gasteiger partial charge in [0, 0.05) is 16.5 Å². The van der Waals surface area contributed by atoms with E-state index in [1.165, 1.54) is 0 Å². The quantitative estimate of drug-likeness (QED) is 0.708. The Bertz CT molecular complexity index is 1030. The number of nitrogens with one attached hydrogen (secondary N) is 1. The molecule has 3 heterocycles. The lowest BCUT2D eigenvalue weighted by atomic mass is 9.96. The predicted octanol–water partition coefficient (Wildman–Crippen LogP) is 1.34. The van der Waals surface area contributed by atoms with Gasteiger partial charge >= 0.3 is 0 Å². The Morgan fingerprint density at radius 2 is 2.09 bits per heavy atom. The van der Waals surface area contributed by atoms with Crippen molar-refractivity contribution in [2.75, 3.05) is 6.54 Å². The average Bonchev–Trinajstić information content (AvgIpc) is 2.92. The Balaban J connectivity index is 1.91. The average molecular weight is 288 g/mol. The molecule has 106 valence electrons. The third-order valence-corrected chi connectivity index (χ3v) is 3.95. The maximum Gasteiger partial charge on any atom is 0.141 e. The zero-order chi connectivity index (χ0) is 15.1. The molecular formula is C17H12N4O. The van der Waals surface area contributed by atoms with Gasteiger partial charge in [0.05, 0.1) is 18.3 Å². The largest absolute Gasteiger partial charge is 0.508 e. The Kier molecular flexibility index (Phi) is 2.70. The number of phenolic OH excluding ortho intramolecular Hbond substituents is 1. The third kappa shape index (κ3) is 1.93. The van der Waals surface area contributed by atoms with Crippen LogP contribution in [0.25, 0.3) is 17.0 Å². The van der Waals surface area contributed by atoms with Crippen molar-refractivity contribution in [2.45, 2.75) is 5.92 Å². The van der Waals surface area contributed by atoms with E-state index < -0.39 is 0 Å². The highest BCUT2D eigenvalue weighted by Crippen LogP contribution is 2.22. The van der Waals surface area contributed by atoms with Gasteiger partial charge in [-0.25, -0.2) is 4.98 Å². The number of hydrogen-bond acceptors (Lipinski definition) is 4. The van der Waals surface area contributed by atoms with Gasteiger partial charge < -0.3 is 10.1 Å². The van der Waals surface area contributed by atoms with Crippen molar-refractivity contribution in [1.29, 1.82) is 5.26 Å². The van der Waals surface area contributed by atoms with E-state index in [1.807, 2.05) is 12.1 Å². The second kappa shape index (κ2) is 4.71. The molecule has 2 N–H and O–H groups in total. The monoisotopic (exact) mass is 288 g/mol. The van der Waals surface area contributed by atoms with Crippen LogP contribution in [0.4, 0.5) is 0 Å². The van der Waals surface area contributed by atoms with Crippen molar-refractivity contribution >= 4 is 17.0 Å². The summed E-state index contributed by atoms with van der Waals surface area (Å²) in [5.41, 5.74) is 3.22. The van der Waals surface area contributed by atoms with E-state index in [9.17, 15) is 5.11 Å². The first-order valence-corrected chi connectivity index (χ1v) is 6.98. The van der Waals surface area contributed by atoms with Crippen molar-refractivity contribution in [3.63, 3.8) is 0 Å². The standard InChI is InChI=1S/C17H12N4O/c18-7-12-6-14-15-5-11(10-1-3-13(22)4-2-10)8-20-17(15)21-16(14)9-19-12/h1-6,9,11,22H,8H2,(H,20,21). The van der Waals surface area contributed by atoms with Crippen LogP contribution < -0.4 is 10.7 Å². The van der Waals surface area contributed by atoms with E-state index >= 15 is 0 Å². The first-order chi connectivity index (χ1) is 10.7. The number of hydrogen-bond donors (Lipinski definition) is 2. The third-order valence-electron chi connectivity index (χ3n) is 3.95. The van der Waals surface area contributed by atoms with Crippen LogP contribution in [0.2, 0.25) is 0 Å². The first kappa shape index (κ1) is 12.6. The molecule has 1 unspecified atom stereocenters. The van der Waals surface area contributed by atoms with E-state index in [0.717, 1.165) is 27.2 Å². The topological polar surface area (TPSA) is 85.1 Å². The number of aromatic hydroxyl groups is 1. The Morgan fingerprint density at radius 1 is 1.27 bits per heavy atom. The molecule has 0 aliphatic carbocycles. The molecule has 1 aromatic carbocycles. The number of aromatic amines is 1. The molecule has 1 aliphatic heterocycles. The number of pyridine rings is 1. The van der Waals surface area contributed by atoms with Crippen LogP contribution in [0.1, 0.15) is 17.2 Å². The van der Waals surface area contributed by atoms with Crippen molar-refractivity contribution in [3.05, 3.63) is 58.5 Å². The fourth-order valence-electron chi connectivity index (χ4n) is 2.82. The number of benzene rings is 1. The molecule has 2 aromatic heterocycles. The molecule has 0 radical (unpaired) electrons. The van der Waals surface area contributed by atoms with Gasteiger partial charge in [0.15, 0.2) is 0 Å². The van der Waals surface area contributed by atoms with Gasteiger partial charge in [-0.15, -0.1) is 0 Å². The maximum atomic E-state index is 9.40. The molecule has 0 amide bonds. The van der Waals surface area contributed by atoms with Crippen LogP contribution in [0, 0.1) is 11.3 Å². The Labute approximate surface area is 125 Å². The van der Waals surface area contributed by atoms with Crippen LogP contribution in [-0.2, 0) is 0 Å². The van der Waals surface area contributed by atoms with E-state index in [-0.39, 0.29) is 11.7 Å². The van der Waals surface area contributed by atoms with E-state index in [4.69, 9.17) is 5.26 Å². The highest BCUT2D eigenvalue weighted by atomic mass is 16.3. The summed E-state index contributed by atoms with van der Waals surface area (Å²) in [5.74, 6) is 0.416. The highest BCUT2D eigenvalue weighted by molar-refractivity contribution is 5.81. The molecular weight excluding hydrogens is 276 g/mol. The molecule has 0 spiro atoms. The molecule has 0 saturated heterocycles. The summed E-state index contributed by atoms with van der Waals surface area (Å²) >= 11 is 0. The lowest BCUT2D eigenvalue weighted by molar-refractivity contribution is 0.475. The zero-order valence-electron chi connectivity index (χ0n) is 11.6. The number of nitrogens with zero attached hydrogens (tertiary/aromatic N) is 3. The molecule has 0 bridgehead atoms. The van der Waals surface area contributed by atoms with Crippen LogP contribution >= 0.6 is 0 Å². The molecule has 4 rings (SSSR count). The minimum Gasteiger partial charge on any atom is -0.508 e. The second-order valence-electron chi connectivity index (χ2n) is 5.32. The number of phenols is 1. The molecule has 5 nitrogen and oxygen atoms in total. The summed E-state index contributed by atoms with van der Waals surface area (Å²) in [6, 6.07) is 11.0. The highest BCUT2D eigenvalue weighted by Gasteiger charge is 2.14. The van der Waals surface area contributed by atoms with Crippen LogP contribution in [0.15, 0.2) is 41.5 Å². The maximum absolute atomic E-state index is 9.40. The molecule has 5 heteroatoms. The van der Waals surface area contributed by atoms with Gasteiger partial charge in [-0.05, 0) is 23.8 Å². The van der Waals surface area contributed by atoms with Crippen molar-refractivity contribution in [2.24, 2.45) is 4.99 Å². The predicted molar refractivity (Wildman–Crippen MR) is 81.8 cm³/mol. The minimum absolute atomic E-state index is 0.158. The van der Waals surface area contributed by atoms with Gasteiger partial charge in [0.25, 0.3) is 0 Å². The van der Waals surface area contributed by atoms with Crippen molar-refractivity contribution < 1.29 is 5.11 Å². The lowest BCUT2D eigenvalue weighted by Gasteiger charge is -2.12. The summed E-state index contributed by atoms with van der Waals surface area (Å²) in [4.78, 5) is 11.9. The molecule has 0 fully saturated rings. The summed E-state index contributed by atoms with van der Waals surface area (Å²) in [7, 11) is 0. The summed E-state index contributed by atoms with van der Waals surface area (Å²) in [6.45, 7) is 0.656. The SMILES string of the molecule is N#Cc1cc2c3c([nH]c2cn1)=NCC(c1ccc(O)cc1)C=3. The number of nitriles is 1. The van der Waals surface area contributed by atoms with Gasteiger partial charge in [0.2, 0.25) is 0 Å². The van der Waals surface area contributed by atoms with Gasteiger partial charge in [-0.3, -0.25) is 4.99 Å². The van der Waals surface area contributed by atoms with E-state index in [0.29, 0.717) is 12.2 Å². The summed E-state index contributed by atoms with van der Waals surface area (Å²) in [6.07, 6.45) is 3.83. The van der Waals surface area contributed by atoms with Crippen molar-refractivity contribution in [3.8, 4) is 11.8 Å². The zero-order valence-corrected chi connectivity index (χ0v) is 11.6. The smallest absolute Gasteiger partial charge is 0.141 e. The van der Waals surface area contributed by atoms with Gasteiger partial charge in [-0.1, -0.05) is 18.2 Å². The minimum atomic E-state index is 0.158. The van der Waals surface area contributed by atoms with Crippen LogP contribution in [0.3, 0.4) is 0 Å². The molecule has 0 saturated carbocycles. The van der Waals surface area contributed by atoms with E-state index in [1.54, 1.807) is 24.4 Å². The number of fused-ring (bicyclic) bond motifs is 3. The second-order valence-corrected chi connectivity index (χ2v) is 5.32. The van der Waals surface area contributed by atoms with Gasteiger partial charge in [-0.2, -0.15) is 5.26 Å². The summed E-state index contributed by atoms with van der Waals surface area (Å²) in [5, 5.41) is 20.4. The van der Waals surface area contributed by atoms with Crippen LogP contribution in [0.5, 0.6) is 5.75 Å². The van der Waals surface area contributed by atoms with Gasteiger partial charge in [0.1, 0.15) is 23.0 Å². The fourth-order valence-corrected chi connectivity index (χ4v) is 2.82. The molecule has 1 atom stereocenters. The Hall–Kier alpha value is -3.13. The lowest BCUT2D eigenvalue weighted by Crippen LogP contribution is -2.29. The summed E-state index contributed by atoms with van der Waals surface area (Å²) < 4.78 is 0.